The highest BCUT2D eigenvalue weighted by molar-refractivity contribution is 5.76. The van der Waals surface area contributed by atoms with Crippen molar-refractivity contribution < 1.29 is 19.4 Å². The molecule has 0 bridgehead atoms. The van der Waals surface area contributed by atoms with Gasteiger partial charge >= 0.3 is 5.97 Å². The van der Waals surface area contributed by atoms with Gasteiger partial charge in [-0.25, -0.2) is 4.98 Å². The number of anilines is 1. The van der Waals surface area contributed by atoms with Crippen molar-refractivity contribution in [3.05, 3.63) is 11.9 Å². The van der Waals surface area contributed by atoms with Gasteiger partial charge in [0.05, 0.1) is 25.9 Å². The summed E-state index contributed by atoms with van der Waals surface area (Å²) in [5.74, 6) is 0.695. The van der Waals surface area contributed by atoms with Crippen LogP contribution < -0.4 is 10.1 Å². The summed E-state index contributed by atoms with van der Waals surface area (Å²) in [6.07, 6.45) is 0. The summed E-state index contributed by atoms with van der Waals surface area (Å²) in [6, 6.07) is 1.32. The van der Waals surface area contributed by atoms with Crippen LogP contribution in [0.2, 0.25) is 0 Å². The Balaban J connectivity index is 2.19. The monoisotopic (exact) mass is 281 g/mol. The lowest BCUT2D eigenvalue weighted by Crippen LogP contribution is -2.43. The summed E-state index contributed by atoms with van der Waals surface area (Å²) in [6.45, 7) is 6.32. The van der Waals surface area contributed by atoms with Gasteiger partial charge in [-0.3, -0.25) is 4.79 Å². The Morgan fingerprint density at radius 3 is 3.05 bits per heavy atom. The van der Waals surface area contributed by atoms with Crippen molar-refractivity contribution in [2.45, 2.75) is 26.8 Å². The van der Waals surface area contributed by atoms with Crippen LogP contribution >= 0.6 is 0 Å². The zero-order valence-electron chi connectivity index (χ0n) is 11.8. The fourth-order valence-corrected chi connectivity index (χ4v) is 2.10. The molecule has 0 amide bonds. The Labute approximate surface area is 117 Å². The minimum Gasteiger partial charge on any atom is -0.481 e. The molecule has 0 saturated carbocycles. The molecule has 1 aromatic heterocycles. The van der Waals surface area contributed by atoms with Gasteiger partial charge in [-0.2, -0.15) is 4.98 Å². The van der Waals surface area contributed by atoms with E-state index in [0.717, 1.165) is 0 Å². The number of hydrogen-bond donors (Lipinski definition) is 2. The predicted octanol–water partition coefficient (Wildman–Crippen LogP) is 1.09. The van der Waals surface area contributed by atoms with Crippen molar-refractivity contribution in [1.82, 2.24) is 9.97 Å². The fourth-order valence-electron chi connectivity index (χ4n) is 2.10. The number of aliphatic carboxylic acids is 1. The number of carboxylic acid groups (broad SMARTS) is 1. The molecule has 2 atom stereocenters. The van der Waals surface area contributed by atoms with Gasteiger partial charge in [0.1, 0.15) is 17.1 Å². The maximum atomic E-state index is 11.4. The highest BCUT2D eigenvalue weighted by atomic mass is 16.5. The molecule has 2 N–H and O–H groups in total. The molecule has 0 aromatic carbocycles. The standard InChI is InChI=1S/C13H19N3O4/c1-4-20-11-5-10(14-8(2)15-11)16-9-6-19-7-13(9,3)12(17)18/h5,9H,4,6-7H2,1-3H3,(H,17,18)(H,14,15,16). The first-order chi connectivity index (χ1) is 9.45. The quantitative estimate of drug-likeness (QED) is 0.834. The van der Waals surface area contributed by atoms with Crippen molar-refractivity contribution >= 4 is 11.8 Å². The first-order valence-corrected chi connectivity index (χ1v) is 6.52. The molecule has 1 aromatic rings. The molecular weight excluding hydrogens is 262 g/mol. The molecule has 110 valence electrons. The number of rotatable bonds is 5. The van der Waals surface area contributed by atoms with Crippen LogP contribution in [0.15, 0.2) is 6.07 Å². The van der Waals surface area contributed by atoms with Crippen molar-refractivity contribution in [2.24, 2.45) is 5.41 Å². The maximum absolute atomic E-state index is 11.4. The highest BCUT2D eigenvalue weighted by Gasteiger charge is 2.46. The highest BCUT2D eigenvalue weighted by Crippen LogP contribution is 2.31. The van der Waals surface area contributed by atoms with Gasteiger partial charge in [0, 0.05) is 6.07 Å². The number of aromatic nitrogens is 2. The number of ether oxygens (including phenoxy) is 2. The molecule has 2 unspecified atom stereocenters. The summed E-state index contributed by atoms with van der Waals surface area (Å²) >= 11 is 0. The predicted molar refractivity (Wildman–Crippen MR) is 71.9 cm³/mol. The number of nitrogens with zero attached hydrogens (tertiary/aromatic N) is 2. The summed E-state index contributed by atoms with van der Waals surface area (Å²) in [7, 11) is 0. The van der Waals surface area contributed by atoms with Gasteiger partial charge < -0.3 is 19.9 Å². The van der Waals surface area contributed by atoms with Gasteiger partial charge in [-0.05, 0) is 20.8 Å². The van der Waals surface area contributed by atoms with Crippen LogP contribution in [-0.2, 0) is 9.53 Å². The van der Waals surface area contributed by atoms with Gasteiger partial charge in [0.15, 0.2) is 0 Å². The smallest absolute Gasteiger partial charge is 0.313 e. The van der Waals surface area contributed by atoms with Crippen molar-refractivity contribution in [3.63, 3.8) is 0 Å². The third-order valence-electron chi connectivity index (χ3n) is 3.37. The lowest BCUT2D eigenvalue weighted by Gasteiger charge is -2.26. The maximum Gasteiger partial charge on any atom is 0.313 e. The van der Waals surface area contributed by atoms with Crippen LogP contribution in [0, 0.1) is 12.3 Å². The normalized spacial score (nSPS) is 25.4. The molecule has 1 aliphatic heterocycles. The number of carboxylic acids is 1. The van der Waals surface area contributed by atoms with Crippen molar-refractivity contribution in [2.75, 3.05) is 25.1 Å². The van der Waals surface area contributed by atoms with Crippen molar-refractivity contribution in [1.29, 1.82) is 0 Å². The van der Waals surface area contributed by atoms with Crippen molar-refractivity contribution in [3.8, 4) is 5.88 Å². The molecule has 2 heterocycles. The van der Waals surface area contributed by atoms with E-state index in [2.05, 4.69) is 15.3 Å². The Hall–Kier alpha value is -1.89. The minimum absolute atomic E-state index is 0.183. The Kier molecular flexibility index (Phi) is 4.08. The second-order valence-electron chi connectivity index (χ2n) is 5.01. The van der Waals surface area contributed by atoms with E-state index in [9.17, 15) is 9.90 Å². The summed E-state index contributed by atoms with van der Waals surface area (Å²) in [5, 5.41) is 12.5. The number of aryl methyl sites for hydroxylation is 1. The first kappa shape index (κ1) is 14.5. The summed E-state index contributed by atoms with van der Waals surface area (Å²) in [4.78, 5) is 19.8. The van der Waals surface area contributed by atoms with E-state index in [1.54, 1.807) is 19.9 Å². The number of nitrogens with one attached hydrogen (secondary N) is 1. The lowest BCUT2D eigenvalue weighted by molar-refractivity contribution is -0.148. The van der Waals surface area contributed by atoms with Gasteiger partial charge in [-0.1, -0.05) is 0 Å². The van der Waals surface area contributed by atoms with Crippen LogP contribution in [0.25, 0.3) is 0 Å². The van der Waals surface area contributed by atoms with Gasteiger partial charge in [-0.15, -0.1) is 0 Å². The average Bonchev–Trinajstić information content (AvgIpc) is 2.72. The van der Waals surface area contributed by atoms with E-state index in [4.69, 9.17) is 9.47 Å². The number of carbonyl (C=O) groups is 1. The number of hydrogen-bond acceptors (Lipinski definition) is 6. The third-order valence-corrected chi connectivity index (χ3v) is 3.37. The largest absolute Gasteiger partial charge is 0.481 e. The second kappa shape index (κ2) is 5.62. The molecule has 1 fully saturated rings. The molecule has 20 heavy (non-hydrogen) atoms. The first-order valence-electron chi connectivity index (χ1n) is 6.52. The SMILES string of the molecule is CCOc1cc(NC2COCC2(C)C(=O)O)nc(C)n1. The minimum atomic E-state index is -0.968. The van der Waals surface area contributed by atoms with Crippen LogP contribution in [0.3, 0.4) is 0 Å². The fraction of sp³-hybridized carbons (Fsp3) is 0.615. The van der Waals surface area contributed by atoms with Crippen LogP contribution in [0.1, 0.15) is 19.7 Å². The van der Waals surface area contributed by atoms with Crippen LogP contribution in [-0.4, -0.2) is 46.9 Å². The van der Waals surface area contributed by atoms with E-state index in [-0.39, 0.29) is 12.6 Å². The van der Waals surface area contributed by atoms with E-state index in [1.165, 1.54) is 0 Å². The molecular formula is C13H19N3O4. The average molecular weight is 281 g/mol. The molecule has 1 aliphatic rings. The molecule has 2 rings (SSSR count). The molecule has 1 saturated heterocycles. The molecule has 7 heteroatoms. The van der Waals surface area contributed by atoms with E-state index < -0.39 is 11.4 Å². The topological polar surface area (TPSA) is 93.6 Å². The van der Waals surface area contributed by atoms with Gasteiger partial charge in [0.2, 0.25) is 5.88 Å². The second-order valence-corrected chi connectivity index (χ2v) is 5.01. The zero-order chi connectivity index (χ0) is 14.8. The molecule has 0 aliphatic carbocycles. The summed E-state index contributed by atoms with van der Waals surface area (Å²) < 4.78 is 10.6. The zero-order valence-corrected chi connectivity index (χ0v) is 11.8. The summed E-state index contributed by atoms with van der Waals surface area (Å²) in [5.41, 5.74) is -0.968. The Bertz CT molecular complexity index is 508. The van der Waals surface area contributed by atoms with E-state index in [1.807, 2.05) is 6.92 Å². The van der Waals surface area contributed by atoms with Gasteiger partial charge in [0.25, 0.3) is 0 Å². The van der Waals surface area contributed by atoms with Crippen LogP contribution in [0.5, 0.6) is 5.88 Å². The van der Waals surface area contributed by atoms with Crippen LogP contribution in [0.4, 0.5) is 5.82 Å². The Morgan fingerprint density at radius 1 is 1.65 bits per heavy atom. The third kappa shape index (κ3) is 2.82. The Morgan fingerprint density at radius 2 is 2.40 bits per heavy atom. The molecule has 0 spiro atoms. The molecule has 7 nitrogen and oxygen atoms in total. The van der Waals surface area contributed by atoms with E-state index in [0.29, 0.717) is 30.7 Å². The molecule has 0 radical (unpaired) electrons. The van der Waals surface area contributed by atoms with E-state index >= 15 is 0 Å². The lowest BCUT2D eigenvalue weighted by atomic mass is 9.85.